The molecule has 1 fully saturated rings. The molecule has 2 aromatic heterocycles. The van der Waals surface area contributed by atoms with Gasteiger partial charge in [-0.2, -0.15) is 5.10 Å². The van der Waals surface area contributed by atoms with Crippen molar-refractivity contribution < 1.29 is 8.42 Å². The maximum absolute atomic E-state index is 12.1. The second-order valence-electron chi connectivity index (χ2n) is 4.96. The Labute approximate surface area is 127 Å². The van der Waals surface area contributed by atoms with E-state index in [-0.39, 0.29) is 11.4 Å². The van der Waals surface area contributed by atoms with Gasteiger partial charge in [-0.05, 0) is 12.8 Å². The summed E-state index contributed by atoms with van der Waals surface area (Å²) in [6.07, 6.45) is 7.07. The average Bonchev–Trinajstić information content (AvgIpc) is 2.94. The SMILES string of the molecule is O=S(=O)(NCc1cncs1)c1cnn(CCNC2CC2)c1. The normalized spacial score (nSPS) is 15.4. The summed E-state index contributed by atoms with van der Waals surface area (Å²) in [6.45, 7) is 1.72. The first-order valence-corrected chi connectivity index (χ1v) is 9.13. The molecule has 0 atom stereocenters. The van der Waals surface area contributed by atoms with Gasteiger partial charge in [0.15, 0.2) is 0 Å². The molecule has 0 aromatic carbocycles. The van der Waals surface area contributed by atoms with Crippen LogP contribution in [0, 0.1) is 0 Å². The van der Waals surface area contributed by atoms with Crippen LogP contribution in [0.15, 0.2) is 29.0 Å². The van der Waals surface area contributed by atoms with Crippen LogP contribution in [0.4, 0.5) is 0 Å². The van der Waals surface area contributed by atoms with Crippen LogP contribution in [-0.4, -0.2) is 35.8 Å². The largest absolute Gasteiger partial charge is 0.312 e. The standard InChI is InChI=1S/C12H17N5O2S2/c18-21(19,16-6-11-5-13-9-20-11)12-7-15-17(8-12)4-3-14-10-1-2-10/h5,7-10,14,16H,1-4,6H2. The fraction of sp³-hybridized carbons (Fsp3) is 0.500. The third-order valence-corrected chi connectivity index (χ3v) is 5.33. The Bertz CT molecular complexity index is 676. The minimum Gasteiger partial charge on any atom is -0.312 e. The Morgan fingerprint density at radius 2 is 2.24 bits per heavy atom. The predicted molar refractivity (Wildman–Crippen MR) is 79.4 cm³/mol. The lowest BCUT2D eigenvalue weighted by molar-refractivity contribution is 0.551. The topological polar surface area (TPSA) is 88.9 Å². The molecule has 1 aliphatic carbocycles. The van der Waals surface area contributed by atoms with Crippen molar-refractivity contribution in [2.24, 2.45) is 0 Å². The molecule has 0 aliphatic heterocycles. The summed E-state index contributed by atoms with van der Waals surface area (Å²) < 4.78 is 28.5. The van der Waals surface area contributed by atoms with E-state index in [0.717, 1.165) is 11.4 Å². The minimum atomic E-state index is -3.52. The van der Waals surface area contributed by atoms with E-state index < -0.39 is 10.0 Å². The van der Waals surface area contributed by atoms with E-state index in [2.05, 4.69) is 20.1 Å². The Morgan fingerprint density at radius 3 is 2.95 bits per heavy atom. The first-order valence-electron chi connectivity index (χ1n) is 6.76. The second-order valence-corrected chi connectivity index (χ2v) is 7.70. The molecule has 2 aromatic rings. The lowest BCUT2D eigenvalue weighted by Gasteiger charge is -2.03. The third kappa shape index (κ3) is 4.10. The van der Waals surface area contributed by atoms with Crippen molar-refractivity contribution in [3.05, 3.63) is 29.0 Å². The number of hydrogen-bond donors (Lipinski definition) is 2. The molecule has 0 amide bonds. The van der Waals surface area contributed by atoms with Crippen LogP contribution < -0.4 is 10.0 Å². The first-order chi connectivity index (χ1) is 10.1. The van der Waals surface area contributed by atoms with Gasteiger partial charge >= 0.3 is 0 Å². The zero-order valence-corrected chi connectivity index (χ0v) is 13.0. The highest BCUT2D eigenvalue weighted by Crippen LogP contribution is 2.18. The summed E-state index contributed by atoms with van der Waals surface area (Å²) in [4.78, 5) is 4.98. The maximum Gasteiger partial charge on any atom is 0.244 e. The molecule has 3 rings (SSSR count). The zero-order valence-electron chi connectivity index (χ0n) is 11.4. The van der Waals surface area contributed by atoms with Crippen LogP contribution in [0.2, 0.25) is 0 Å². The van der Waals surface area contributed by atoms with Gasteiger partial charge in [-0.3, -0.25) is 9.67 Å². The van der Waals surface area contributed by atoms with Crippen LogP contribution in [0.5, 0.6) is 0 Å². The van der Waals surface area contributed by atoms with Gasteiger partial charge in [0.25, 0.3) is 0 Å². The van der Waals surface area contributed by atoms with Crippen LogP contribution in [0.1, 0.15) is 17.7 Å². The number of sulfonamides is 1. The van der Waals surface area contributed by atoms with Crippen LogP contribution in [-0.2, 0) is 23.1 Å². The number of rotatable bonds is 8. The van der Waals surface area contributed by atoms with E-state index in [4.69, 9.17) is 0 Å². The number of aromatic nitrogens is 3. The molecule has 7 nitrogen and oxygen atoms in total. The molecule has 2 heterocycles. The van der Waals surface area contributed by atoms with E-state index in [0.29, 0.717) is 12.6 Å². The van der Waals surface area contributed by atoms with Crippen molar-refractivity contribution in [1.82, 2.24) is 24.8 Å². The smallest absolute Gasteiger partial charge is 0.244 e. The third-order valence-electron chi connectivity index (χ3n) is 3.19. The molecule has 0 unspecified atom stereocenters. The van der Waals surface area contributed by atoms with Crippen molar-refractivity contribution in [1.29, 1.82) is 0 Å². The van der Waals surface area contributed by atoms with Crippen LogP contribution in [0.25, 0.3) is 0 Å². The highest BCUT2D eigenvalue weighted by Gasteiger charge is 2.20. The number of nitrogens with one attached hydrogen (secondary N) is 2. The predicted octanol–water partition coefficient (Wildman–Crippen LogP) is 0.570. The minimum absolute atomic E-state index is 0.193. The molecular weight excluding hydrogens is 310 g/mol. The Morgan fingerprint density at radius 1 is 1.38 bits per heavy atom. The van der Waals surface area contributed by atoms with Gasteiger partial charge in [-0.1, -0.05) is 0 Å². The Kier molecular flexibility index (Phi) is 4.34. The summed E-state index contributed by atoms with van der Waals surface area (Å²) in [5.41, 5.74) is 1.68. The molecule has 21 heavy (non-hydrogen) atoms. The summed E-state index contributed by atoms with van der Waals surface area (Å²) >= 11 is 1.42. The van der Waals surface area contributed by atoms with Crippen molar-refractivity contribution in [3.63, 3.8) is 0 Å². The van der Waals surface area contributed by atoms with E-state index >= 15 is 0 Å². The van der Waals surface area contributed by atoms with Gasteiger partial charge in [0.2, 0.25) is 10.0 Å². The monoisotopic (exact) mass is 327 g/mol. The van der Waals surface area contributed by atoms with Gasteiger partial charge in [0.1, 0.15) is 4.90 Å². The summed E-state index contributed by atoms with van der Waals surface area (Å²) in [5.74, 6) is 0. The van der Waals surface area contributed by atoms with Gasteiger partial charge in [0, 0.05) is 36.4 Å². The molecule has 9 heteroatoms. The number of hydrogen-bond acceptors (Lipinski definition) is 6. The van der Waals surface area contributed by atoms with Crippen molar-refractivity contribution in [2.75, 3.05) is 6.54 Å². The van der Waals surface area contributed by atoms with Crippen LogP contribution in [0.3, 0.4) is 0 Å². The lowest BCUT2D eigenvalue weighted by Crippen LogP contribution is -2.23. The Hall–Kier alpha value is -1.29. The highest BCUT2D eigenvalue weighted by molar-refractivity contribution is 7.89. The maximum atomic E-state index is 12.1. The summed E-state index contributed by atoms with van der Waals surface area (Å²) in [6, 6.07) is 0.643. The summed E-state index contributed by atoms with van der Waals surface area (Å²) in [7, 11) is -3.52. The molecule has 0 bridgehead atoms. The average molecular weight is 327 g/mol. The summed E-state index contributed by atoms with van der Waals surface area (Å²) in [5, 5.41) is 7.46. The number of nitrogens with zero attached hydrogens (tertiary/aromatic N) is 3. The fourth-order valence-corrected chi connectivity index (χ4v) is 3.44. The van der Waals surface area contributed by atoms with E-state index in [9.17, 15) is 8.42 Å². The van der Waals surface area contributed by atoms with E-state index in [1.807, 2.05) is 0 Å². The zero-order chi connectivity index (χ0) is 14.7. The Balaban J connectivity index is 1.55. The van der Waals surface area contributed by atoms with Gasteiger partial charge in [0.05, 0.1) is 18.3 Å². The quantitative estimate of drug-likeness (QED) is 0.740. The second kappa shape index (κ2) is 6.22. The number of thiazole rings is 1. The van der Waals surface area contributed by atoms with Crippen molar-refractivity contribution in [3.8, 4) is 0 Å². The van der Waals surface area contributed by atoms with Gasteiger partial charge < -0.3 is 5.32 Å². The molecular formula is C12H17N5O2S2. The van der Waals surface area contributed by atoms with Crippen molar-refractivity contribution in [2.45, 2.75) is 36.9 Å². The molecule has 2 N–H and O–H groups in total. The van der Waals surface area contributed by atoms with Gasteiger partial charge in [-0.25, -0.2) is 13.1 Å². The van der Waals surface area contributed by atoms with E-state index in [1.54, 1.807) is 22.6 Å². The van der Waals surface area contributed by atoms with Crippen LogP contribution >= 0.6 is 11.3 Å². The van der Waals surface area contributed by atoms with Crippen molar-refractivity contribution >= 4 is 21.4 Å². The van der Waals surface area contributed by atoms with Gasteiger partial charge in [-0.15, -0.1) is 11.3 Å². The highest BCUT2D eigenvalue weighted by atomic mass is 32.2. The first kappa shape index (κ1) is 14.6. The van der Waals surface area contributed by atoms with E-state index in [1.165, 1.54) is 30.4 Å². The fourth-order valence-electron chi connectivity index (χ4n) is 1.86. The lowest BCUT2D eigenvalue weighted by atomic mass is 10.6. The molecule has 114 valence electrons. The molecule has 1 saturated carbocycles. The molecule has 0 spiro atoms. The molecule has 0 radical (unpaired) electrons. The molecule has 0 saturated heterocycles. The molecule has 1 aliphatic rings.